The Morgan fingerprint density at radius 1 is 1.40 bits per heavy atom. The summed E-state index contributed by atoms with van der Waals surface area (Å²) in [7, 11) is 0. The molecule has 0 fully saturated rings. The summed E-state index contributed by atoms with van der Waals surface area (Å²) in [5, 5.41) is 3.45. The van der Waals surface area contributed by atoms with Gasteiger partial charge in [0.1, 0.15) is 0 Å². The maximum atomic E-state index is 5.19. The van der Waals surface area contributed by atoms with Gasteiger partial charge in [0.15, 0.2) is 0 Å². The second-order valence-electron chi connectivity index (χ2n) is 3.78. The van der Waals surface area contributed by atoms with Crippen molar-refractivity contribution in [3.63, 3.8) is 0 Å². The first-order chi connectivity index (χ1) is 7.24. The average Bonchev–Trinajstić information content (AvgIpc) is 2.51. The van der Waals surface area contributed by atoms with E-state index in [1.807, 2.05) is 11.3 Å². The zero-order valence-electron chi connectivity index (χ0n) is 9.60. The van der Waals surface area contributed by atoms with Crippen LogP contribution < -0.4 is 5.32 Å². The lowest BCUT2D eigenvalue weighted by atomic mass is 10.2. The van der Waals surface area contributed by atoms with Gasteiger partial charge in [0, 0.05) is 22.7 Å². The van der Waals surface area contributed by atoms with Gasteiger partial charge in [0.2, 0.25) is 0 Å². The van der Waals surface area contributed by atoms with Crippen LogP contribution in [0, 0.1) is 26.2 Å². The average molecular weight is 221 g/mol. The van der Waals surface area contributed by atoms with E-state index in [1.165, 1.54) is 21.7 Å². The molecule has 0 unspecified atom stereocenters. The lowest BCUT2D eigenvalue weighted by molar-refractivity contribution is 0.629. The predicted octanol–water partition coefficient (Wildman–Crippen LogP) is 3.26. The number of aryl methyl sites for hydroxylation is 2. The molecular weight excluding hydrogens is 202 g/mol. The molecule has 0 atom stereocenters. The number of unbranched alkanes of at least 4 members (excludes halogenated alkanes) is 2. The van der Waals surface area contributed by atoms with Crippen molar-refractivity contribution in [1.29, 1.82) is 0 Å². The van der Waals surface area contributed by atoms with Gasteiger partial charge in [-0.3, -0.25) is 0 Å². The summed E-state index contributed by atoms with van der Waals surface area (Å²) < 4.78 is 0. The Bertz CT molecular complexity index is 333. The third-order valence-corrected chi connectivity index (χ3v) is 3.39. The van der Waals surface area contributed by atoms with Gasteiger partial charge in [-0.05, 0) is 44.9 Å². The van der Waals surface area contributed by atoms with E-state index in [0.717, 1.165) is 25.9 Å². The molecule has 82 valence electrons. The Morgan fingerprint density at radius 2 is 2.20 bits per heavy atom. The Morgan fingerprint density at radius 3 is 2.80 bits per heavy atom. The first-order valence-electron chi connectivity index (χ1n) is 5.44. The van der Waals surface area contributed by atoms with Crippen molar-refractivity contribution in [3.8, 4) is 12.3 Å². The van der Waals surface area contributed by atoms with E-state index in [4.69, 9.17) is 6.42 Å². The second-order valence-corrected chi connectivity index (χ2v) is 5.24. The zero-order chi connectivity index (χ0) is 11.1. The van der Waals surface area contributed by atoms with Gasteiger partial charge in [0.05, 0.1) is 0 Å². The van der Waals surface area contributed by atoms with E-state index in [9.17, 15) is 0 Å². The van der Waals surface area contributed by atoms with Crippen LogP contribution in [0.4, 0.5) is 0 Å². The fourth-order valence-corrected chi connectivity index (χ4v) is 2.51. The molecule has 0 spiro atoms. The summed E-state index contributed by atoms with van der Waals surface area (Å²) in [4.78, 5) is 2.83. The van der Waals surface area contributed by atoms with Crippen molar-refractivity contribution >= 4 is 11.3 Å². The standard InChI is InChI=1S/C13H19NS/c1-4-5-6-7-8-14-10-13-9-11(2)15-12(13)3/h1,9,14H,5-8,10H2,2-3H3. The van der Waals surface area contributed by atoms with Gasteiger partial charge in [0.25, 0.3) is 0 Å². The monoisotopic (exact) mass is 221 g/mol. The van der Waals surface area contributed by atoms with Gasteiger partial charge in [-0.1, -0.05) is 0 Å². The van der Waals surface area contributed by atoms with Crippen molar-refractivity contribution in [2.45, 2.75) is 39.7 Å². The normalized spacial score (nSPS) is 10.2. The molecule has 1 rings (SSSR count). The molecule has 0 saturated heterocycles. The quantitative estimate of drug-likeness (QED) is 0.574. The Labute approximate surface area is 96.9 Å². The van der Waals surface area contributed by atoms with Crippen LogP contribution in [-0.2, 0) is 6.54 Å². The first-order valence-corrected chi connectivity index (χ1v) is 6.25. The number of terminal acetylenes is 1. The minimum Gasteiger partial charge on any atom is -0.313 e. The molecule has 1 aromatic heterocycles. The van der Waals surface area contributed by atoms with Crippen LogP contribution in [-0.4, -0.2) is 6.54 Å². The van der Waals surface area contributed by atoms with Crippen LogP contribution in [0.25, 0.3) is 0 Å². The van der Waals surface area contributed by atoms with Crippen LogP contribution in [0.5, 0.6) is 0 Å². The molecule has 0 aliphatic rings. The van der Waals surface area contributed by atoms with Crippen LogP contribution in [0.2, 0.25) is 0 Å². The van der Waals surface area contributed by atoms with Crippen LogP contribution in [0.3, 0.4) is 0 Å². The highest BCUT2D eigenvalue weighted by molar-refractivity contribution is 7.12. The molecule has 1 heterocycles. The molecule has 1 aromatic rings. The fourth-order valence-electron chi connectivity index (χ4n) is 1.56. The number of hydrogen-bond donors (Lipinski definition) is 1. The highest BCUT2D eigenvalue weighted by atomic mass is 32.1. The maximum Gasteiger partial charge on any atom is 0.0216 e. The minimum absolute atomic E-state index is 0.901. The van der Waals surface area contributed by atoms with Gasteiger partial charge in [-0.15, -0.1) is 23.7 Å². The molecule has 0 saturated carbocycles. The highest BCUT2D eigenvalue weighted by Crippen LogP contribution is 2.20. The number of thiophene rings is 1. The number of rotatable bonds is 6. The third kappa shape index (κ3) is 4.51. The van der Waals surface area contributed by atoms with Crippen molar-refractivity contribution < 1.29 is 0 Å². The molecule has 0 aliphatic heterocycles. The Hall–Kier alpha value is -0.780. The topological polar surface area (TPSA) is 12.0 Å². The minimum atomic E-state index is 0.901. The van der Waals surface area contributed by atoms with Crippen molar-refractivity contribution in [2.75, 3.05) is 6.54 Å². The summed E-state index contributed by atoms with van der Waals surface area (Å²) in [5.41, 5.74) is 1.44. The molecule has 0 radical (unpaired) electrons. The molecule has 0 amide bonds. The van der Waals surface area contributed by atoms with E-state index >= 15 is 0 Å². The lowest BCUT2D eigenvalue weighted by Crippen LogP contribution is -2.14. The molecule has 0 bridgehead atoms. The number of nitrogens with one attached hydrogen (secondary N) is 1. The zero-order valence-corrected chi connectivity index (χ0v) is 10.4. The summed E-state index contributed by atoms with van der Waals surface area (Å²) in [6, 6.07) is 2.27. The van der Waals surface area contributed by atoms with Crippen LogP contribution >= 0.6 is 11.3 Å². The van der Waals surface area contributed by atoms with Crippen molar-refractivity contribution in [2.24, 2.45) is 0 Å². The van der Waals surface area contributed by atoms with E-state index in [2.05, 4.69) is 31.2 Å². The summed E-state index contributed by atoms with van der Waals surface area (Å²) >= 11 is 1.87. The van der Waals surface area contributed by atoms with E-state index in [0.29, 0.717) is 0 Å². The van der Waals surface area contributed by atoms with Gasteiger partial charge < -0.3 is 5.32 Å². The van der Waals surface area contributed by atoms with E-state index in [1.54, 1.807) is 0 Å². The fraction of sp³-hybridized carbons (Fsp3) is 0.538. The van der Waals surface area contributed by atoms with Crippen molar-refractivity contribution in [3.05, 3.63) is 21.4 Å². The molecule has 0 aliphatic carbocycles. The van der Waals surface area contributed by atoms with Gasteiger partial charge in [-0.2, -0.15) is 0 Å². The van der Waals surface area contributed by atoms with Crippen molar-refractivity contribution in [1.82, 2.24) is 5.32 Å². The van der Waals surface area contributed by atoms with Gasteiger partial charge in [-0.25, -0.2) is 0 Å². The maximum absolute atomic E-state index is 5.19. The van der Waals surface area contributed by atoms with Gasteiger partial charge >= 0.3 is 0 Å². The SMILES string of the molecule is C#CCCCCNCc1cc(C)sc1C. The van der Waals surface area contributed by atoms with E-state index in [-0.39, 0.29) is 0 Å². The smallest absolute Gasteiger partial charge is 0.0216 e. The molecule has 1 nitrogen and oxygen atoms in total. The predicted molar refractivity (Wildman–Crippen MR) is 68.2 cm³/mol. The molecule has 0 aromatic carbocycles. The van der Waals surface area contributed by atoms with Crippen LogP contribution in [0.1, 0.15) is 34.6 Å². The summed E-state index contributed by atoms with van der Waals surface area (Å²) in [5.74, 6) is 2.66. The van der Waals surface area contributed by atoms with Crippen LogP contribution in [0.15, 0.2) is 6.07 Å². The first kappa shape index (κ1) is 12.3. The Balaban J connectivity index is 2.15. The highest BCUT2D eigenvalue weighted by Gasteiger charge is 2.01. The van der Waals surface area contributed by atoms with E-state index < -0.39 is 0 Å². The number of hydrogen-bond acceptors (Lipinski definition) is 2. The largest absolute Gasteiger partial charge is 0.313 e. The molecule has 1 N–H and O–H groups in total. The summed E-state index contributed by atoms with van der Waals surface area (Å²) in [6.07, 6.45) is 8.39. The Kier molecular flexibility index (Phi) is 5.45. The second kappa shape index (κ2) is 6.66. The molecular formula is C13H19NS. The molecule has 2 heteroatoms. The lowest BCUT2D eigenvalue weighted by Gasteiger charge is -2.03. The molecule has 15 heavy (non-hydrogen) atoms. The summed E-state index contributed by atoms with van der Waals surface area (Å²) in [6.45, 7) is 6.41. The third-order valence-electron chi connectivity index (χ3n) is 2.38.